The highest BCUT2D eigenvalue weighted by molar-refractivity contribution is 7.89. The maximum Gasteiger partial charge on any atom is 0.244 e. The van der Waals surface area contributed by atoms with Gasteiger partial charge < -0.3 is 5.11 Å². The first-order valence-electron chi connectivity index (χ1n) is 6.73. The second-order valence-corrected chi connectivity index (χ2v) is 7.86. The van der Waals surface area contributed by atoms with E-state index in [1.165, 1.54) is 4.68 Å². The molecule has 6 nitrogen and oxygen atoms in total. The van der Waals surface area contributed by atoms with Crippen LogP contribution in [0.1, 0.15) is 38.6 Å². The molecule has 0 spiro atoms. The number of aryl methyl sites for hydroxylation is 1. The lowest BCUT2D eigenvalue weighted by atomic mass is 9.93. The van der Waals surface area contributed by atoms with Gasteiger partial charge in [0.25, 0.3) is 0 Å². The third-order valence-electron chi connectivity index (χ3n) is 3.06. The number of hydrogen-bond donors (Lipinski definition) is 2. The summed E-state index contributed by atoms with van der Waals surface area (Å²) in [4.78, 5) is 0.222. The van der Waals surface area contributed by atoms with Gasteiger partial charge in [0, 0.05) is 6.54 Å². The highest BCUT2D eigenvalue weighted by atomic mass is 32.2. The van der Waals surface area contributed by atoms with Gasteiger partial charge in [0.05, 0.1) is 24.5 Å². The van der Waals surface area contributed by atoms with Gasteiger partial charge in [0.2, 0.25) is 10.0 Å². The molecule has 0 aromatic carbocycles. The van der Waals surface area contributed by atoms with Gasteiger partial charge in [-0.15, -0.1) is 0 Å². The summed E-state index contributed by atoms with van der Waals surface area (Å²) in [5.74, 6) is 0. The molecule has 0 bridgehead atoms. The second-order valence-electron chi connectivity index (χ2n) is 6.16. The third kappa shape index (κ3) is 4.29. The average molecular weight is 303 g/mol. The van der Waals surface area contributed by atoms with Crippen molar-refractivity contribution in [2.75, 3.05) is 13.2 Å². The number of nitrogens with zero attached hydrogens (tertiary/aromatic N) is 2. The van der Waals surface area contributed by atoms with Gasteiger partial charge in [-0.05, 0) is 25.7 Å². The number of aromatic nitrogens is 2. The minimum absolute atomic E-state index is 0.0705. The highest BCUT2D eigenvalue weighted by Gasteiger charge is 2.24. The molecule has 0 amide bonds. The number of nitrogens with one attached hydrogen (secondary N) is 1. The first-order valence-corrected chi connectivity index (χ1v) is 8.21. The summed E-state index contributed by atoms with van der Waals surface area (Å²) in [6, 6.07) is 0. The van der Waals surface area contributed by atoms with E-state index < -0.39 is 10.0 Å². The van der Waals surface area contributed by atoms with E-state index >= 15 is 0 Å². The lowest BCUT2D eigenvalue weighted by molar-refractivity contribution is 0.267. The predicted molar refractivity (Wildman–Crippen MR) is 78.0 cm³/mol. The van der Waals surface area contributed by atoms with Crippen molar-refractivity contribution in [1.29, 1.82) is 0 Å². The molecule has 2 N–H and O–H groups in total. The van der Waals surface area contributed by atoms with Crippen molar-refractivity contribution in [3.8, 4) is 0 Å². The molecule has 0 radical (unpaired) electrons. The third-order valence-corrected chi connectivity index (χ3v) is 4.78. The minimum atomic E-state index is -3.56. The zero-order valence-electron chi connectivity index (χ0n) is 12.9. The van der Waals surface area contributed by atoms with E-state index in [4.69, 9.17) is 5.11 Å². The Morgan fingerprint density at radius 2 is 1.90 bits per heavy atom. The molecular weight excluding hydrogens is 278 g/mol. The van der Waals surface area contributed by atoms with Crippen molar-refractivity contribution < 1.29 is 13.5 Å². The Bertz CT molecular complexity index is 556. The van der Waals surface area contributed by atoms with Gasteiger partial charge in [-0.2, -0.15) is 5.10 Å². The molecule has 0 aliphatic rings. The smallest absolute Gasteiger partial charge is 0.244 e. The SMILES string of the molecule is Cc1nn(CCO)c(C)c1S(=O)(=O)NCCC(C)(C)C. The second kappa shape index (κ2) is 6.24. The van der Waals surface area contributed by atoms with E-state index in [0.29, 0.717) is 24.5 Å². The van der Waals surface area contributed by atoms with Crippen LogP contribution in [0.3, 0.4) is 0 Å². The molecule has 1 heterocycles. The minimum Gasteiger partial charge on any atom is -0.394 e. The Hall–Kier alpha value is -0.920. The van der Waals surface area contributed by atoms with Gasteiger partial charge in [-0.1, -0.05) is 20.8 Å². The van der Waals surface area contributed by atoms with Gasteiger partial charge in [0.15, 0.2) is 0 Å². The van der Waals surface area contributed by atoms with Crippen LogP contribution in [-0.4, -0.2) is 36.5 Å². The van der Waals surface area contributed by atoms with Gasteiger partial charge in [-0.25, -0.2) is 13.1 Å². The summed E-state index contributed by atoms with van der Waals surface area (Å²) >= 11 is 0. The molecule has 1 rings (SSSR count). The summed E-state index contributed by atoms with van der Waals surface area (Å²) in [5.41, 5.74) is 1.09. The molecule has 1 aromatic heterocycles. The fourth-order valence-corrected chi connectivity index (χ4v) is 3.45. The molecule has 0 saturated heterocycles. The van der Waals surface area contributed by atoms with Gasteiger partial charge >= 0.3 is 0 Å². The summed E-state index contributed by atoms with van der Waals surface area (Å²) in [5, 5.41) is 13.1. The van der Waals surface area contributed by atoms with E-state index in [9.17, 15) is 8.42 Å². The summed E-state index contributed by atoms with van der Waals surface area (Å²) < 4.78 is 28.8. The first-order chi connectivity index (χ1) is 9.08. The molecule has 1 aromatic rings. The van der Waals surface area contributed by atoms with Crippen molar-refractivity contribution in [1.82, 2.24) is 14.5 Å². The monoisotopic (exact) mass is 303 g/mol. The summed E-state index contributed by atoms with van der Waals surface area (Å²) in [6.45, 7) is 10.2. The molecule has 0 aliphatic heterocycles. The average Bonchev–Trinajstić information content (AvgIpc) is 2.52. The van der Waals surface area contributed by atoms with Crippen LogP contribution >= 0.6 is 0 Å². The Kier molecular flexibility index (Phi) is 5.34. The Morgan fingerprint density at radius 3 is 2.40 bits per heavy atom. The molecule has 0 aliphatic carbocycles. The number of sulfonamides is 1. The molecule has 20 heavy (non-hydrogen) atoms. The number of hydrogen-bond acceptors (Lipinski definition) is 4. The van der Waals surface area contributed by atoms with E-state index in [1.807, 2.05) is 0 Å². The van der Waals surface area contributed by atoms with Crippen LogP contribution in [0, 0.1) is 19.3 Å². The molecule has 0 unspecified atom stereocenters. The normalized spacial score (nSPS) is 12.9. The van der Waals surface area contributed by atoms with Crippen molar-refractivity contribution in [3.63, 3.8) is 0 Å². The fourth-order valence-electron chi connectivity index (χ4n) is 2.01. The molecule has 7 heteroatoms. The molecule has 0 atom stereocenters. The van der Waals surface area contributed by atoms with Crippen LogP contribution in [0.15, 0.2) is 4.90 Å². The lowest BCUT2D eigenvalue weighted by Crippen LogP contribution is -2.28. The highest BCUT2D eigenvalue weighted by Crippen LogP contribution is 2.21. The van der Waals surface area contributed by atoms with E-state index in [1.54, 1.807) is 13.8 Å². The molecule has 0 fully saturated rings. The fraction of sp³-hybridized carbons (Fsp3) is 0.769. The van der Waals surface area contributed by atoms with Gasteiger partial charge in [0.1, 0.15) is 4.90 Å². The summed E-state index contributed by atoms with van der Waals surface area (Å²) in [6.07, 6.45) is 0.759. The van der Waals surface area contributed by atoms with Crippen LogP contribution < -0.4 is 4.72 Å². The van der Waals surface area contributed by atoms with Crippen LogP contribution in [0.25, 0.3) is 0 Å². The Labute approximate surface area is 121 Å². The lowest BCUT2D eigenvalue weighted by Gasteiger charge is -2.18. The van der Waals surface area contributed by atoms with E-state index in [-0.39, 0.29) is 16.9 Å². The van der Waals surface area contributed by atoms with Crippen molar-refractivity contribution >= 4 is 10.0 Å². The molecular formula is C13H25N3O3S. The standard InChI is InChI=1S/C13H25N3O3S/c1-10-12(11(2)16(15-10)8-9-17)20(18,19)14-7-6-13(3,4)5/h14,17H,6-9H2,1-5H3. The van der Waals surface area contributed by atoms with Crippen molar-refractivity contribution in [2.45, 2.75) is 52.5 Å². The van der Waals surface area contributed by atoms with Crippen LogP contribution in [0.4, 0.5) is 0 Å². The van der Waals surface area contributed by atoms with Crippen LogP contribution in [0.5, 0.6) is 0 Å². The molecule has 116 valence electrons. The van der Waals surface area contributed by atoms with Crippen molar-refractivity contribution in [2.24, 2.45) is 5.41 Å². The predicted octanol–water partition coefficient (Wildman–Crippen LogP) is 1.21. The zero-order valence-corrected chi connectivity index (χ0v) is 13.7. The molecule has 0 saturated carbocycles. The Balaban J connectivity index is 2.93. The van der Waals surface area contributed by atoms with Crippen LogP contribution in [0.2, 0.25) is 0 Å². The maximum absolute atomic E-state index is 12.4. The summed E-state index contributed by atoms with van der Waals surface area (Å²) in [7, 11) is -3.56. The number of aliphatic hydroxyl groups excluding tert-OH is 1. The largest absolute Gasteiger partial charge is 0.394 e. The first kappa shape index (κ1) is 17.1. The maximum atomic E-state index is 12.4. The van der Waals surface area contributed by atoms with Crippen LogP contribution in [-0.2, 0) is 16.6 Å². The Morgan fingerprint density at radius 1 is 1.30 bits per heavy atom. The topological polar surface area (TPSA) is 84.2 Å². The quantitative estimate of drug-likeness (QED) is 0.827. The van der Waals surface area contributed by atoms with Crippen molar-refractivity contribution in [3.05, 3.63) is 11.4 Å². The van der Waals surface area contributed by atoms with E-state index in [2.05, 4.69) is 30.6 Å². The number of aliphatic hydroxyl groups is 1. The van der Waals surface area contributed by atoms with Gasteiger partial charge in [-0.3, -0.25) is 4.68 Å². The van der Waals surface area contributed by atoms with E-state index in [0.717, 1.165) is 6.42 Å². The zero-order chi connectivity index (χ0) is 15.6. The number of rotatable bonds is 6.